The van der Waals surface area contributed by atoms with Gasteiger partial charge < -0.3 is 9.84 Å². The van der Waals surface area contributed by atoms with Gasteiger partial charge in [-0.25, -0.2) is 4.79 Å². The Bertz CT molecular complexity index is 1060. The summed E-state index contributed by atoms with van der Waals surface area (Å²) in [6.07, 6.45) is 0.385. The van der Waals surface area contributed by atoms with E-state index in [-0.39, 0.29) is 24.0 Å². The number of nitrogens with zero attached hydrogens (tertiary/aromatic N) is 1. The van der Waals surface area contributed by atoms with Gasteiger partial charge in [0.2, 0.25) is 0 Å². The highest BCUT2D eigenvalue weighted by Crippen LogP contribution is 2.45. The molecule has 0 spiro atoms. The summed E-state index contributed by atoms with van der Waals surface area (Å²) in [4.78, 5) is 14.8. The van der Waals surface area contributed by atoms with Crippen molar-refractivity contribution in [2.24, 2.45) is 5.41 Å². The Hall–Kier alpha value is -3.11. The van der Waals surface area contributed by atoms with Crippen molar-refractivity contribution < 1.29 is 14.6 Å². The number of hydrogen-bond acceptors (Lipinski definition) is 3. The lowest BCUT2D eigenvalue weighted by Crippen LogP contribution is -2.47. The zero-order chi connectivity index (χ0) is 20.7. The molecule has 30 heavy (non-hydrogen) atoms. The van der Waals surface area contributed by atoms with Gasteiger partial charge in [-0.2, -0.15) is 0 Å². The molecule has 4 nitrogen and oxygen atoms in total. The van der Waals surface area contributed by atoms with E-state index >= 15 is 0 Å². The molecule has 1 N–H and O–H groups in total. The van der Waals surface area contributed by atoms with Crippen LogP contribution in [0.4, 0.5) is 10.5 Å². The highest BCUT2D eigenvalue weighted by atomic mass is 16.6. The molecule has 0 radical (unpaired) electrons. The van der Waals surface area contributed by atoms with Gasteiger partial charge in [0.15, 0.2) is 0 Å². The number of aliphatic hydroxyl groups excluding tert-OH is 1. The molecule has 1 aliphatic heterocycles. The fourth-order valence-electron chi connectivity index (χ4n) is 4.85. The molecule has 5 rings (SSSR count). The molecule has 3 aromatic rings. The molecule has 0 saturated heterocycles. The van der Waals surface area contributed by atoms with Crippen LogP contribution in [0.3, 0.4) is 0 Å². The van der Waals surface area contributed by atoms with Crippen LogP contribution >= 0.6 is 0 Å². The highest BCUT2D eigenvalue weighted by Gasteiger charge is 2.37. The van der Waals surface area contributed by atoms with Gasteiger partial charge in [0.1, 0.15) is 6.61 Å². The predicted molar refractivity (Wildman–Crippen MR) is 118 cm³/mol. The third-order valence-corrected chi connectivity index (χ3v) is 6.38. The Morgan fingerprint density at radius 2 is 1.60 bits per heavy atom. The Morgan fingerprint density at radius 1 is 1.00 bits per heavy atom. The fraction of sp³-hybridized carbons (Fsp3) is 0.269. The number of benzene rings is 3. The Balaban J connectivity index is 1.41. The number of rotatable bonds is 3. The van der Waals surface area contributed by atoms with Crippen LogP contribution in [-0.2, 0) is 11.2 Å². The average molecular weight is 399 g/mol. The topological polar surface area (TPSA) is 49.8 Å². The first kappa shape index (κ1) is 18.9. The molecule has 4 heteroatoms. The molecule has 0 saturated carbocycles. The molecule has 1 atom stereocenters. The number of aliphatic hydroxyl groups is 1. The summed E-state index contributed by atoms with van der Waals surface area (Å²) in [6.45, 7) is 2.76. The molecule has 0 aromatic heterocycles. The Labute approximate surface area is 176 Å². The smallest absolute Gasteiger partial charge is 0.414 e. The molecule has 3 aromatic carbocycles. The van der Waals surface area contributed by atoms with E-state index in [0.29, 0.717) is 13.2 Å². The van der Waals surface area contributed by atoms with E-state index in [1.165, 1.54) is 22.3 Å². The summed E-state index contributed by atoms with van der Waals surface area (Å²) in [7, 11) is 0. The second-order valence-electron chi connectivity index (χ2n) is 8.66. The van der Waals surface area contributed by atoms with Gasteiger partial charge in [-0.3, -0.25) is 4.90 Å². The summed E-state index contributed by atoms with van der Waals surface area (Å²) >= 11 is 0. The number of para-hydroxylation sites is 1. The van der Waals surface area contributed by atoms with E-state index in [4.69, 9.17) is 4.74 Å². The van der Waals surface area contributed by atoms with Crippen molar-refractivity contribution in [3.63, 3.8) is 0 Å². The van der Waals surface area contributed by atoms with Gasteiger partial charge >= 0.3 is 6.09 Å². The van der Waals surface area contributed by atoms with Crippen molar-refractivity contribution in [1.82, 2.24) is 0 Å². The lowest BCUT2D eigenvalue weighted by molar-refractivity contribution is 0.124. The lowest BCUT2D eigenvalue weighted by atomic mass is 9.80. The van der Waals surface area contributed by atoms with Crippen LogP contribution in [0.1, 0.15) is 29.5 Å². The Kier molecular flexibility index (Phi) is 4.59. The van der Waals surface area contributed by atoms with Crippen LogP contribution in [0.25, 0.3) is 11.1 Å². The van der Waals surface area contributed by atoms with Crippen LogP contribution in [-0.4, -0.2) is 31.0 Å². The van der Waals surface area contributed by atoms with Gasteiger partial charge in [-0.1, -0.05) is 73.7 Å². The number of hydrogen-bond donors (Lipinski definition) is 1. The van der Waals surface area contributed by atoms with Crippen LogP contribution in [0.5, 0.6) is 0 Å². The number of amides is 1. The van der Waals surface area contributed by atoms with Crippen LogP contribution in [0.2, 0.25) is 0 Å². The van der Waals surface area contributed by atoms with E-state index in [1.807, 2.05) is 55.5 Å². The molecule has 152 valence electrons. The second kappa shape index (κ2) is 7.29. The van der Waals surface area contributed by atoms with E-state index in [2.05, 4.69) is 24.3 Å². The van der Waals surface area contributed by atoms with Gasteiger partial charge in [0.25, 0.3) is 0 Å². The second-order valence-corrected chi connectivity index (χ2v) is 8.66. The van der Waals surface area contributed by atoms with E-state index < -0.39 is 0 Å². The van der Waals surface area contributed by atoms with Crippen molar-refractivity contribution >= 4 is 11.8 Å². The number of anilines is 1. The van der Waals surface area contributed by atoms with Gasteiger partial charge in [-0.15, -0.1) is 0 Å². The molecular weight excluding hydrogens is 374 g/mol. The minimum atomic E-state index is -0.375. The van der Waals surface area contributed by atoms with Crippen molar-refractivity contribution in [1.29, 1.82) is 0 Å². The Morgan fingerprint density at radius 3 is 2.27 bits per heavy atom. The maximum atomic E-state index is 13.2. The summed E-state index contributed by atoms with van der Waals surface area (Å²) < 4.78 is 5.88. The minimum absolute atomic E-state index is 0.0223. The summed E-state index contributed by atoms with van der Waals surface area (Å²) in [5.74, 6) is 0.0330. The first-order valence-electron chi connectivity index (χ1n) is 10.4. The minimum Gasteiger partial charge on any atom is -0.448 e. The normalized spacial score (nSPS) is 19.7. The van der Waals surface area contributed by atoms with Gasteiger partial charge in [0, 0.05) is 17.9 Å². The monoisotopic (exact) mass is 399 g/mol. The van der Waals surface area contributed by atoms with E-state index in [9.17, 15) is 9.90 Å². The van der Waals surface area contributed by atoms with Gasteiger partial charge in [0.05, 0.1) is 12.3 Å². The lowest BCUT2D eigenvalue weighted by Gasteiger charge is -2.40. The summed E-state index contributed by atoms with van der Waals surface area (Å²) in [5, 5.41) is 9.92. The van der Waals surface area contributed by atoms with Crippen LogP contribution in [0.15, 0.2) is 72.8 Å². The molecule has 1 heterocycles. The fourth-order valence-corrected chi connectivity index (χ4v) is 4.85. The van der Waals surface area contributed by atoms with Crippen molar-refractivity contribution in [3.05, 3.63) is 89.5 Å². The summed E-state index contributed by atoms with van der Waals surface area (Å²) in [6, 6.07) is 24.5. The zero-order valence-electron chi connectivity index (χ0n) is 17.0. The molecule has 0 bridgehead atoms. The quantitative estimate of drug-likeness (QED) is 0.675. The first-order chi connectivity index (χ1) is 14.6. The molecule has 1 aliphatic carbocycles. The number of fused-ring (bicyclic) bond motifs is 4. The van der Waals surface area contributed by atoms with Crippen molar-refractivity contribution in [2.45, 2.75) is 19.3 Å². The molecule has 0 fully saturated rings. The molecular formula is C26H25NO3. The third kappa shape index (κ3) is 3.08. The molecule has 1 amide bonds. The average Bonchev–Trinajstić information content (AvgIpc) is 3.11. The van der Waals surface area contributed by atoms with Crippen molar-refractivity contribution in [3.8, 4) is 11.1 Å². The first-order valence-corrected chi connectivity index (χ1v) is 10.4. The maximum absolute atomic E-state index is 13.2. The standard InChI is InChI=1S/C26H25NO3/c1-26(17-28)14-18-8-2-7-13-24(18)27(16-26)25(29)30-15-23-21-11-5-3-9-19(21)20-10-4-6-12-22(20)23/h2-13,23,28H,14-17H2,1H3. The molecule has 1 unspecified atom stereocenters. The zero-order valence-corrected chi connectivity index (χ0v) is 17.0. The van der Waals surface area contributed by atoms with Crippen LogP contribution in [0, 0.1) is 5.41 Å². The number of carbonyl (C=O) groups excluding carboxylic acids is 1. The SMILES string of the molecule is CC1(CO)Cc2ccccc2N(C(=O)OCC2c3ccccc3-c3ccccc32)C1. The molecule has 2 aliphatic rings. The number of ether oxygens (including phenoxy) is 1. The largest absolute Gasteiger partial charge is 0.448 e. The van der Waals surface area contributed by atoms with Crippen molar-refractivity contribution in [2.75, 3.05) is 24.7 Å². The van der Waals surface area contributed by atoms with E-state index in [0.717, 1.165) is 17.7 Å². The maximum Gasteiger partial charge on any atom is 0.414 e. The third-order valence-electron chi connectivity index (χ3n) is 6.38. The predicted octanol–water partition coefficient (Wildman–Crippen LogP) is 5.00. The van der Waals surface area contributed by atoms with Gasteiger partial charge in [-0.05, 0) is 40.3 Å². The highest BCUT2D eigenvalue weighted by molar-refractivity contribution is 5.89. The number of carbonyl (C=O) groups is 1. The van der Waals surface area contributed by atoms with Crippen LogP contribution < -0.4 is 4.90 Å². The van der Waals surface area contributed by atoms with E-state index in [1.54, 1.807) is 4.90 Å². The summed E-state index contributed by atoms with van der Waals surface area (Å²) in [5.41, 5.74) is 6.39.